The lowest BCUT2D eigenvalue weighted by atomic mass is 10.1. The van der Waals surface area contributed by atoms with Gasteiger partial charge in [-0.05, 0) is 37.0 Å². The van der Waals surface area contributed by atoms with E-state index >= 15 is 0 Å². The van der Waals surface area contributed by atoms with Crippen LogP contribution in [0.15, 0.2) is 30.9 Å². The Morgan fingerprint density at radius 1 is 1.17 bits per heavy atom. The van der Waals surface area contributed by atoms with Crippen molar-refractivity contribution in [3.05, 3.63) is 48.1 Å². The summed E-state index contributed by atoms with van der Waals surface area (Å²) in [4.78, 5) is 23.1. The third-order valence-electron chi connectivity index (χ3n) is 3.63. The first-order valence-electron chi connectivity index (χ1n) is 8.01. The maximum Gasteiger partial charge on any atom is 0.326 e. The Labute approximate surface area is 140 Å². The monoisotopic (exact) mass is 339 g/mol. The predicted molar refractivity (Wildman–Crippen MR) is 87.5 cm³/mol. The minimum atomic E-state index is -1.10. The summed E-state index contributed by atoms with van der Waals surface area (Å²) in [5.74, 6) is -3.64. The van der Waals surface area contributed by atoms with E-state index in [-0.39, 0.29) is 6.42 Å². The summed E-state index contributed by atoms with van der Waals surface area (Å²) in [6.45, 7) is 3.64. The Balaban J connectivity index is 2.43. The largest absolute Gasteiger partial charge is 0.480 e. The van der Waals surface area contributed by atoms with Gasteiger partial charge in [0, 0.05) is 0 Å². The van der Waals surface area contributed by atoms with Crippen molar-refractivity contribution in [2.75, 3.05) is 0 Å². The first-order valence-corrected chi connectivity index (χ1v) is 8.01. The zero-order valence-electron chi connectivity index (χ0n) is 13.6. The van der Waals surface area contributed by atoms with Crippen LogP contribution in [-0.2, 0) is 16.0 Å². The van der Waals surface area contributed by atoms with Gasteiger partial charge in [-0.25, -0.2) is 13.6 Å². The molecule has 0 radical (unpaired) electrons. The standard InChI is InChI=1S/C18H23F2NO3/c1-2-3-4-5-6-7-8-16(18(23)24)21-17(22)12-13-9-10-14(19)15(20)11-13/h2,9-11,16H,1,3-8,12H2,(H,21,22)(H,23,24)/t16-/m0/s1. The van der Waals surface area contributed by atoms with Gasteiger partial charge in [-0.3, -0.25) is 4.79 Å². The van der Waals surface area contributed by atoms with Crippen LogP contribution in [0.4, 0.5) is 8.78 Å². The van der Waals surface area contributed by atoms with Crippen LogP contribution < -0.4 is 5.32 Å². The first kappa shape index (κ1) is 19.8. The average molecular weight is 339 g/mol. The maximum atomic E-state index is 13.1. The molecule has 1 amide bonds. The van der Waals surface area contributed by atoms with Crippen LogP contribution in [0.2, 0.25) is 0 Å². The van der Waals surface area contributed by atoms with Gasteiger partial charge in [-0.15, -0.1) is 6.58 Å². The van der Waals surface area contributed by atoms with Gasteiger partial charge >= 0.3 is 5.97 Å². The van der Waals surface area contributed by atoms with Crippen LogP contribution >= 0.6 is 0 Å². The average Bonchev–Trinajstić information content (AvgIpc) is 2.53. The molecular weight excluding hydrogens is 316 g/mol. The SMILES string of the molecule is C=CCCCCCC[C@H](NC(=O)Cc1ccc(F)c(F)c1)C(=O)O. The summed E-state index contributed by atoms with van der Waals surface area (Å²) >= 11 is 0. The molecule has 0 aromatic heterocycles. The molecule has 24 heavy (non-hydrogen) atoms. The van der Waals surface area contributed by atoms with E-state index in [0.29, 0.717) is 18.4 Å². The van der Waals surface area contributed by atoms with Crippen LogP contribution in [0.1, 0.15) is 44.1 Å². The Morgan fingerprint density at radius 3 is 2.50 bits per heavy atom. The highest BCUT2D eigenvalue weighted by Crippen LogP contribution is 2.11. The molecule has 1 rings (SSSR count). The van der Waals surface area contributed by atoms with E-state index in [0.717, 1.165) is 37.8 Å². The van der Waals surface area contributed by atoms with Crippen LogP contribution in [0, 0.1) is 11.6 Å². The zero-order valence-corrected chi connectivity index (χ0v) is 13.6. The van der Waals surface area contributed by atoms with Gasteiger partial charge in [0.05, 0.1) is 6.42 Å². The van der Waals surface area contributed by atoms with Gasteiger partial charge in [0.25, 0.3) is 0 Å². The molecule has 0 aliphatic carbocycles. The Kier molecular flexibility index (Phi) is 8.68. The fourth-order valence-corrected chi connectivity index (χ4v) is 2.33. The number of amides is 1. The summed E-state index contributed by atoms with van der Waals surface area (Å²) in [6.07, 6.45) is 6.51. The van der Waals surface area contributed by atoms with Crippen molar-refractivity contribution in [1.29, 1.82) is 0 Å². The van der Waals surface area contributed by atoms with Crippen molar-refractivity contribution < 1.29 is 23.5 Å². The molecule has 0 fully saturated rings. The zero-order chi connectivity index (χ0) is 17.9. The van der Waals surface area contributed by atoms with Gasteiger partial charge in [0.15, 0.2) is 11.6 Å². The Hall–Kier alpha value is -2.24. The molecule has 0 heterocycles. The van der Waals surface area contributed by atoms with Crippen LogP contribution in [-0.4, -0.2) is 23.0 Å². The molecule has 4 nitrogen and oxygen atoms in total. The van der Waals surface area contributed by atoms with E-state index in [1.54, 1.807) is 0 Å². The Morgan fingerprint density at radius 2 is 1.88 bits per heavy atom. The third kappa shape index (κ3) is 7.35. The van der Waals surface area contributed by atoms with Gasteiger partial charge in [0.2, 0.25) is 5.91 Å². The van der Waals surface area contributed by atoms with Crippen LogP contribution in [0.25, 0.3) is 0 Å². The van der Waals surface area contributed by atoms with Crippen molar-refractivity contribution in [3.63, 3.8) is 0 Å². The lowest BCUT2D eigenvalue weighted by Crippen LogP contribution is -2.41. The number of benzene rings is 1. The van der Waals surface area contributed by atoms with Crippen LogP contribution in [0.3, 0.4) is 0 Å². The topological polar surface area (TPSA) is 66.4 Å². The van der Waals surface area contributed by atoms with Crippen molar-refractivity contribution >= 4 is 11.9 Å². The van der Waals surface area contributed by atoms with E-state index in [1.165, 1.54) is 6.07 Å². The third-order valence-corrected chi connectivity index (χ3v) is 3.63. The molecule has 0 spiro atoms. The van der Waals surface area contributed by atoms with E-state index in [4.69, 9.17) is 0 Å². The fraction of sp³-hybridized carbons (Fsp3) is 0.444. The molecule has 132 valence electrons. The normalized spacial score (nSPS) is 11.8. The number of rotatable bonds is 11. The summed E-state index contributed by atoms with van der Waals surface area (Å²) < 4.78 is 26.0. The summed E-state index contributed by atoms with van der Waals surface area (Å²) in [7, 11) is 0. The second kappa shape index (κ2) is 10.5. The van der Waals surface area contributed by atoms with E-state index in [9.17, 15) is 23.5 Å². The smallest absolute Gasteiger partial charge is 0.326 e. The molecule has 0 aliphatic heterocycles. The maximum absolute atomic E-state index is 13.1. The second-order valence-corrected chi connectivity index (χ2v) is 5.66. The van der Waals surface area contributed by atoms with Crippen LogP contribution in [0.5, 0.6) is 0 Å². The molecule has 1 atom stereocenters. The van der Waals surface area contributed by atoms with Gasteiger partial charge in [-0.2, -0.15) is 0 Å². The second-order valence-electron chi connectivity index (χ2n) is 5.66. The highest BCUT2D eigenvalue weighted by atomic mass is 19.2. The summed E-state index contributed by atoms with van der Waals surface area (Å²) in [5.41, 5.74) is 0.292. The van der Waals surface area contributed by atoms with Gasteiger partial charge in [-0.1, -0.05) is 31.4 Å². The highest BCUT2D eigenvalue weighted by molar-refractivity contribution is 5.84. The molecular formula is C18H23F2NO3. The quantitative estimate of drug-likeness (QED) is 0.478. The molecule has 0 bridgehead atoms. The fourth-order valence-electron chi connectivity index (χ4n) is 2.33. The molecule has 1 aromatic carbocycles. The van der Waals surface area contributed by atoms with Crippen molar-refractivity contribution in [1.82, 2.24) is 5.32 Å². The van der Waals surface area contributed by atoms with E-state index in [1.807, 2.05) is 6.08 Å². The number of carboxylic acid groups (broad SMARTS) is 1. The van der Waals surface area contributed by atoms with Crippen molar-refractivity contribution in [3.8, 4) is 0 Å². The minimum Gasteiger partial charge on any atom is -0.480 e. The first-order chi connectivity index (χ1) is 11.4. The summed E-state index contributed by atoms with van der Waals surface area (Å²) in [5, 5.41) is 11.6. The number of unbranched alkanes of at least 4 members (excludes halogenated alkanes) is 4. The molecule has 0 saturated heterocycles. The number of carbonyl (C=O) groups excluding carboxylic acids is 1. The number of carboxylic acids is 1. The number of hydrogen-bond acceptors (Lipinski definition) is 2. The van der Waals surface area contributed by atoms with Gasteiger partial charge < -0.3 is 10.4 Å². The molecule has 1 aromatic rings. The van der Waals surface area contributed by atoms with E-state index < -0.39 is 29.6 Å². The minimum absolute atomic E-state index is 0.194. The number of allylic oxidation sites excluding steroid dienone is 1. The molecule has 2 N–H and O–H groups in total. The van der Waals surface area contributed by atoms with E-state index in [2.05, 4.69) is 11.9 Å². The Bertz CT molecular complexity index is 575. The number of halogens is 2. The van der Waals surface area contributed by atoms with Crippen molar-refractivity contribution in [2.24, 2.45) is 0 Å². The number of nitrogens with one attached hydrogen (secondary N) is 1. The van der Waals surface area contributed by atoms with Crippen molar-refractivity contribution in [2.45, 2.75) is 51.0 Å². The molecule has 6 heteroatoms. The lowest BCUT2D eigenvalue weighted by molar-refractivity contribution is -0.142. The number of carbonyl (C=O) groups is 2. The summed E-state index contributed by atoms with van der Waals surface area (Å²) in [6, 6.07) is 2.20. The van der Waals surface area contributed by atoms with Gasteiger partial charge in [0.1, 0.15) is 6.04 Å². The lowest BCUT2D eigenvalue weighted by Gasteiger charge is -2.14. The number of aliphatic carboxylic acids is 1. The predicted octanol–water partition coefficient (Wildman–Crippen LogP) is 3.60. The highest BCUT2D eigenvalue weighted by Gasteiger charge is 2.19. The molecule has 0 aliphatic rings. The number of hydrogen-bond donors (Lipinski definition) is 2. The molecule has 0 saturated carbocycles. The molecule has 0 unspecified atom stereocenters.